The standard InChI is InChI=1S/C25H17Br2ClN2O4/c1-33-25(32)16-6-8-19(9-7-16)30-24(31)18(13-29)10-15-11-20(26)23(21(27)12-15)34-14-17-4-2-3-5-22(17)28/h2-12H,14H2,1H3,(H,30,31)/b18-10+. The Morgan fingerprint density at radius 3 is 2.32 bits per heavy atom. The molecule has 0 atom stereocenters. The van der Waals surface area contributed by atoms with E-state index in [1.807, 2.05) is 24.3 Å². The summed E-state index contributed by atoms with van der Waals surface area (Å²) in [6, 6.07) is 18.9. The minimum Gasteiger partial charge on any atom is -0.486 e. The highest BCUT2D eigenvalue weighted by atomic mass is 79.9. The molecule has 1 N–H and O–H groups in total. The van der Waals surface area contributed by atoms with Gasteiger partial charge in [0.1, 0.15) is 24.0 Å². The first-order valence-electron chi connectivity index (χ1n) is 9.79. The summed E-state index contributed by atoms with van der Waals surface area (Å²) < 4.78 is 11.8. The van der Waals surface area contributed by atoms with Gasteiger partial charge in [-0.15, -0.1) is 0 Å². The lowest BCUT2D eigenvalue weighted by atomic mass is 10.1. The number of amides is 1. The van der Waals surface area contributed by atoms with E-state index in [4.69, 9.17) is 16.3 Å². The van der Waals surface area contributed by atoms with Crippen molar-refractivity contribution in [2.24, 2.45) is 0 Å². The van der Waals surface area contributed by atoms with Gasteiger partial charge in [0.15, 0.2) is 0 Å². The van der Waals surface area contributed by atoms with Gasteiger partial charge in [0, 0.05) is 16.3 Å². The average Bonchev–Trinajstić information content (AvgIpc) is 2.83. The largest absolute Gasteiger partial charge is 0.486 e. The van der Waals surface area contributed by atoms with Crippen LogP contribution >= 0.6 is 43.5 Å². The number of carbonyl (C=O) groups excluding carboxylic acids is 2. The molecule has 3 aromatic rings. The van der Waals surface area contributed by atoms with Gasteiger partial charge in [-0.25, -0.2) is 4.79 Å². The normalized spacial score (nSPS) is 10.9. The van der Waals surface area contributed by atoms with Gasteiger partial charge < -0.3 is 14.8 Å². The van der Waals surface area contributed by atoms with Crippen molar-refractivity contribution in [1.29, 1.82) is 5.26 Å². The summed E-state index contributed by atoms with van der Waals surface area (Å²) in [4.78, 5) is 24.1. The molecule has 0 saturated carbocycles. The molecule has 34 heavy (non-hydrogen) atoms. The van der Waals surface area contributed by atoms with Crippen molar-refractivity contribution in [3.63, 3.8) is 0 Å². The zero-order chi connectivity index (χ0) is 24.7. The Kier molecular flexibility index (Phi) is 8.88. The number of methoxy groups -OCH3 is 1. The van der Waals surface area contributed by atoms with Crippen LogP contribution < -0.4 is 10.1 Å². The second-order valence-corrected chi connectivity index (χ2v) is 9.00. The van der Waals surface area contributed by atoms with E-state index in [2.05, 4.69) is 41.9 Å². The van der Waals surface area contributed by atoms with E-state index in [9.17, 15) is 14.9 Å². The van der Waals surface area contributed by atoms with Gasteiger partial charge in [-0.05, 0) is 86.0 Å². The number of hydrogen-bond donors (Lipinski definition) is 1. The van der Waals surface area contributed by atoms with Gasteiger partial charge in [-0.3, -0.25) is 4.79 Å². The van der Waals surface area contributed by atoms with Crippen LogP contribution in [0.5, 0.6) is 5.75 Å². The van der Waals surface area contributed by atoms with E-state index >= 15 is 0 Å². The predicted octanol–water partition coefficient (Wildman–Crippen LogP) is 6.78. The molecule has 1 amide bonds. The van der Waals surface area contributed by atoms with Gasteiger partial charge in [0.25, 0.3) is 5.91 Å². The quantitative estimate of drug-likeness (QED) is 0.183. The SMILES string of the molecule is COC(=O)c1ccc(NC(=O)/C(C#N)=C/c2cc(Br)c(OCc3ccccc3Cl)c(Br)c2)cc1. The third-order valence-corrected chi connectivity index (χ3v) is 6.14. The maximum atomic E-state index is 12.6. The molecule has 0 unspecified atom stereocenters. The highest BCUT2D eigenvalue weighted by Gasteiger charge is 2.14. The molecule has 0 aliphatic carbocycles. The number of rotatable bonds is 7. The third kappa shape index (κ3) is 6.48. The minimum absolute atomic E-state index is 0.0967. The fourth-order valence-electron chi connectivity index (χ4n) is 2.89. The Labute approximate surface area is 218 Å². The smallest absolute Gasteiger partial charge is 0.337 e. The van der Waals surface area contributed by atoms with E-state index in [-0.39, 0.29) is 12.2 Å². The first kappa shape index (κ1) is 25.5. The number of esters is 1. The molecule has 3 rings (SSSR count). The fraction of sp³-hybridized carbons (Fsp3) is 0.0800. The van der Waals surface area contributed by atoms with Crippen LogP contribution in [0.3, 0.4) is 0 Å². The maximum absolute atomic E-state index is 12.6. The van der Waals surface area contributed by atoms with Crippen molar-refractivity contribution in [3.05, 3.63) is 96.9 Å². The van der Waals surface area contributed by atoms with Crippen LogP contribution in [0.25, 0.3) is 6.08 Å². The van der Waals surface area contributed by atoms with Crippen LogP contribution in [-0.4, -0.2) is 19.0 Å². The number of anilines is 1. The monoisotopic (exact) mass is 602 g/mol. The Morgan fingerprint density at radius 2 is 1.74 bits per heavy atom. The Bertz CT molecular complexity index is 1280. The molecule has 0 bridgehead atoms. The Hall–Kier alpha value is -3.12. The first-order chi connectivity index (χ1) is 16.3. The molecular weight excluding hydrogens is 588 g/mol. The molecular formula is C25H17Br2ClN2O4. The average molecular weight is 605 g/mol. The topological polar surface area (TPSA) is 88.4 Å². The fourth-order valence-corrected chi connectivity index (χ4v) is 4.53. The number of nitrogens with zero attached hydrogens (tertiary/aromatic N) is 1. The van der Waals surface area contributed by atoms with Crippen molar-refractivity contribution in [2.45, 2.75) is 6.61 Å². The van der Waals surface area contributed by atoms with Gasteiger partial charge in [-0.1, -0.05) is 29.8 Å². The first-order valence-corrected chi connectivity index (χ1v) is 11.8. The summed E-state index contributed by atoms with van der Waals surface area (Å²) in [7, 11) is 1.29. The zero-order valence-electron chi connectivity index (χ0n) is 17.8. The summed E-state index contributed by atoms with van der Waals surface area (Å²) >= 11 is 13.1. The van der Waals surface area contributed by atoms with Crippen LogP contribution in [0, 0.1) is 11.3 Å². The highest BCUT2D eigenvalue weighted by Crippen LogP contribution is 2.36. The molecule has 0 saturated heterocycles. The molecule has 0 aromatic heterocycles. The molecule has 0 fully saturated rings. The van der Waals surface area contributed by atoms with Crippen LogP contribution in [0.2, 0.25) is 5.02 Å². The lowest BCUT2D eigenvalue weighted by molar-refractivity contribution is -0.112. The summed E-state index contributed by atoms with van der Waals surface area (Å²) in [6.07, 6.45) is 1.46. The molecule has 9 heteroatoms. The summed E-state index contributed by atoms with van der Waals surface area (Å²) in [5, 5.41) is 12.8. The molecule has 3 aromatic carbocycles. The molecule has 6 nitrogen and oxygen atoms in total. The van der Waals surface area contributed by atoms with Crippen LogP contribution in [0.1, 0.15) is 21.5 Å². The molecule has 0 spiro atoms. The second kappa shape index (κ2) is 11.8. The van der Waals surface area contributed by atoms with Gasteiger partial charge in [0.2, 0.25) is 0 Å². The molecule has 0 radical (unpaired) electrons. The minimum atomic E-state index is -0.584. The number of hydrogen-bond acceptors (Lipinski definition) is 5. The molecule has 0 aliphatic heterocycles. The van der Waals surface area contributed by atoms with E-state index in [0.29, 0.717) is 36.5 Å². The van der Waals surface area contributed by atoms with E-state index in [1.54, 1.807) is 30.3 Å². The van der Waals surface area contributed by atoms with Crippen molar-refractivity contribution >= 4 is 67.1 Å². The number of benzene rings is 3. The Morgan fingerprint density at radius 1 is 1.09 bits per heavy atom. The van der Waals surface area contributed by atoms with Crippen molar-refractivity contribution < 1.29 is 19.1 Å². The lowest BCUT2D eigenvalue weighted by Gasteiger charge is -2.12. The maximum Gasteiger partial charge on any atom is 0.337 e. The molecule has 172 valence electrons. The van der Waals surface area contributed by atoms with Crippen LogP contribution in [0.15, 0.2) is 75.2 Å². The summed E-state index contributed by atoms with van der Waals surface area (Å²) in [6.45, 7) is 0.271. The number of halogens is 3. The van der Waals surface area contributed by atoms with Crippen LogP contribution in [-0.2, 0) is 16.1 Å². The van der Waals surface area contributed by atoms with Gasteiger partial charge in [-0.2, -0.15) is 5.26 Å². The third-order valence-electron chi connectivity index (χ3n) is 4.59. The zero-order valence-corrected chi connectivity index (χ0v) is 21.7. The molecule has 0 heterocycles. The van der Waals surface area contributed by atoms with Crippen LogP contribution in [0.4, 0.5) is 5.69 Å². The highest BCUT2D eigenvalue weighted by molar-refractivity contribution is 9.11. The predicted molar refractivity (Wildman–Crippen MR) is 138 cm³/mol. The van der Waals surface area contributed by atoms with Crippen molar-refractivity contribution in [2.75, 3.05) is 12.4 Å². The second-order valence-electron chi connectivity index (χ2n) is 6.89. The molecule has 0 aliphatic rings. The van der Waals surface area contributed by atoms with Gasteiger partial charge >= 0.3 is 5.97 Å². The Balaban J connectivity index is 1.75. The number of nitriles is 1. The summed E-state index contributed by atoms with van der Waals surface area (Å²) in [5.74, 6) is -0.503. The van der Waals surface area contributed by atoms with E-state index in [1.165, 1.54) is 25.3 Å². The number of carbonyl (C=O) groups is 2. The van der Waals surface area contributed by atoms with Crippen molar-refractivity contribution in [3.8, 4) is 11.8 Å². The number of nitrogens with one attached hydrogen (secondary N) is 1. The lowest BCUT2D eigenvalue weighted by Crippen LogP contribution is -2.13. The van der Waals surface area contributed by atoms with E-state index < -0.39 is 11.9 Å². The van der Waals surface area contributed by atoms with Crippen molar-refractivity contribution in [1.82, 2.24) is 0 Å². The summed E-state index contributed by atoms with van der Waals surface area (Å²) in [5.41, 5.74) is 2.14. The van der Waals surface area contributed by atoms with E-state index in [0.717, 1.165) is 5.56 Å². The number of ether oxygens (including phenoxy) is 2. The van der Waals surface area contributed by atoms with Gasteiger partial charge in [0.05, 0.1) is 21.6 Å².